The molecule has 2 aliphatic rings. The molecular weight excluding hydrogens is 416 g/mol. The Bertz CT molecular complexity index is 1080. The minimum Gasteiger partial charge on any atom is -0.323 e. The Morgan fingerprint density at radius 1 is 1.19 bits per heavy atom. The molecule has 1 aromatic carbocycles. The third kappa shape index (κ3) is 4.62. The molecule has 0 bridgehead atoms. The number of nitrogens with zero attached hydrogens (tertiary/aromatic N) is 3. The third-order valence-electron chi connectivity index (χ3n) is 5.88. The molecule has 0 radical (unpaired) electrons. The van der Waals surface area contributed by atoms with Crippen LogP contribution in [0.3, 0.4) is 0 Å². The van der Waals surface area contributed by atoms with Crippen LogP contribution in [0.1, 0.15) is 31.7 Å². The van der Waals surface area contributed by atoms with E-state index < -0.39 is 10.0 Å². The number of pyridine rings is 1. The third-order valence-corrected chi connectivity index (χ3v) is 7.77. The summed E-state index contributed by atoms with van der Waals surface area (Å²) in [5.41, 5.74) is 1.90. The molecule has 1 N–H and O–H groups in total. The summed E-state index contributed by atoms with van der Waals surface area (Å²) < 4.78 is 27.7. The number of rotatable bonds is 5. The predicted octanol–water partition coefficient (Wildman–Crippen LogP) is 2.42. The number of fused-ring (bicyclic) bond motifs is 1. The van der Waals surface area contributed by atoms with Gasteiger partial charge >= 0.3 is 0 Å². The van der Waals surface area contributed by atoms with Crippen LogP contribution in [0.2, 0.25) is 0 Å². The van der Waals surface area contributed by atoms with E-state index in [1.807, 2.05) is 0 Å². The number of hydrogen-bond acceptors (Lipinski definition) is 5. The monoisotopic (exact) mass is 442 g/mol. The molecule has 2 amide bonds. The van der Waals surface area contributed by atoms with Gasteiger partial charge in [0.1, 0.15) is 6.54 Å². The standard InChI is InChI=1S/C22H26N4O4S/c1-16-8-11-25(12-9-16)31(29,30)19-5-6-20-17(13-19)4-7-22(28)26(20)15-21(27)24-18-3-2-10-23-14-18/h2-3,5-6,10,13-14,16H,4,7-9,11-12,15H2,1H3,(H,24,27). The van der Waals surface area contributed by atoms with Crippen molar-refractivity contribution < 1.29 is 18.0 Å². The van der Waals surface area contributed by atoms with E-state index in [1.165, 1.54) is 17.2 Å². The quantitative estimate of drug-likeness (QED) is 0.767. The molecule has 2 aliphatic heterocycles. The van der Waals surface area contributed by atoms with Crippen LogP contribution in [-0.4, -0.2) is 49.2 Å². The molecule has 9 heteroatoms. The SMILES string of the molecule is CC1CCN(S(=O)(=O)c2ccc3c(c2)CCC(=O)N3CC(=O)Nc2cccnc2)CC1. The van der Waals surface area contributed by atoms with E-state index in [1.54, 1.807) is 34.8 Å². The number of anilines is 2. The molecule has 0 saturated carbocycles. The second-order valence-electron chi connectivity index (χ2n) is 8.15. The van der Waals surface area contributed by atoms with Crippen LogP contribution in [0.25, 0.3) is 0 Å². The summed E-state index contributed by atoms with van der Waals surface area (Å²) >= 11 is 0. The number of aryl methyl sites for hydroxylation is 1. The highest BCUT2D eigenvalue weighted by Gasteiger charge is 2.31. The van der Waals surface area contributed by atoms with Gasteiger partial charge in [-0.05, 0) is 61.1 Å². The molecule has 0 spiro atoms. The van der Waals surface area contributed by atoms with E-state index >= 15 is 0 Å². The molecule has 0 atom stereocenters. The summed E-state index contributed by atoms with van der Waals surface area (Å²) in [6, 6.07) is 8.26. The molecule has 31 heavy (non-hydrogen) atoms. The van der Waals surface area contributed by atoms with Gasteiger partial charge in [0.15, 0.2) is 0 Å². The van der Waals surface area contributed by atoms with Gasteiger partial charge in [-0.25, -0.2) is 8.42 Å². The van der Waals surface area contributed by atoms with Gasteiger partial charge in [-0.2, -0.15) is 4.31 Å². The molecule has 0 aliphatic carbocycles. The van der Waals surface area contributed by atoms with Crippen molar-refractivity contribution in [3.05, 3.63) is 48.3 Å². The number of hydrogen-bond donors (Lipinski definition) is 1. The molecule has 164 valence electrons. The van der Waals surface area contributed by atoms with Gasteiger partial charge in [-0.1, -0.05) is 6.92 Å². The Morgan fingerprint density at radius 2 is 1.97 bits per heavy atom. The van der Waals surface area contributed by atoms with Crippen molar-refractivity contribution in [1.82, 2.24) is 9.29 Å². The average Bonchev–Trinajstić information content (AvgIpc) is 2.76. The number of amides is 2. The van der Waals surface area contributed by atoms with Gasteiger partial charge in [0, 0.05) is 31.4 Å². The molecule has 8 nitrogen and oxygen atoms in total. The number of piperidine rings is 1. The lowest BCUT2D eigenvalue weighted by Crippen LogP contribution is -2.41. The molecule has 2 aromatic rings. The first-order valence-corrected chi connectivity index (χ1v) is 11.9. The molecule has 3 heterocycles. The molecule has 0 unspecified atom stereocenters. The van der Waals surface area contributed by atoms with E-state index in [9.17, 15) is 18.0 Å². The predicted molar refractivity (Wildman–Crippen MR) is 117 cm³/mol. The van der Waals surface area contributed by atoms with E-state index in [0.29, 0.717) is 36.8 Å². The number of sulfonamides is 1. The lowest BCUT2D eigenvalue weighted by atomic mass is 10.0. The number of aromatic nitrogens is 1. The Balaban J connectivity index is 1.53. The average molecular weight is 443 g/mol. The lowest BCUT2D eigenvalue weighted by Gasteiger charge is -2.31. The molecular formula is C22H26N4O4S. The normalized spacial score (nSPS) is 18.0. The fourth-order valence-electron chi connectivity index (χ4n) is 4.03. The van der Waals surface area contributed by atoms with Crippen molar-refractivity contribution in [1.29, 1.82) is 0 Å². The minimum absolute atomic E-state index is 0.142. The Hall–Kier alpha value is -2.78. The highest BCUT2D eigenvalue weighted by atomic mass is 32.2. The van der Waals surface area contributed by atoms with Crippen molar-refractivity contribution in [3.8, 4) is 0 Å². The van der Waals surface area contributed by atoms with Gasteiger partial charge in [-0.15, -0.1) is 0 Å². The molecule has 1 saturated heterocycles. The minimum atomic E-state index is -3.57. The van der Waals surface area contributed by atoms with Gasteiger partial charge in [0.05, 0.1) is 16.8 Å². The van der Waals surface area contributed by atoms with Crippen LogP contribution >= 0.6 is 0 Å². The van der Waals surface area contributed by atoms with Crippen LogP contribution in [0, 0.1) is 5.92 Å². The lowest BCUT2D eigenvalue weighted by molar-refractivity contribution is -0.121. The van der Waals surface area contributed by atoms with Gasteiger partial charge in [0.25, 0.3) is 0 Å². The topological polar surface area (TPSA) is 99.7 Å². The summed E-state index contributed by atoms with van der Waals surface area (Å²) in [7, 11) is -3.57. The second kappa shape index (κ2) is 8.76. The summed E-state index contributed by atoms with van der Waals surface area (Å²) in [5.74, 6) is 0.0372. The van der Waals surface area contributed by atoms with Crippen LogP contribution in [0.15, 0.2) is 47.6 Å². The summed E-state index contributed by atoms with van der Waals surface area (Å²) in [4.78, 5) is 30.6. The van der Waals surface area contributed by atoms with Crippen molar-refractivity contribution in [2.45, 2.75) is 37.5 Å². The number of benzene rings is 1. The maximum Gasteiger partial charge on any atom is 0.244 e. The molecule has 4 rings (SSSR count). The van der Waals surface area contributed by atoms with Gasteiger partial charge in [0.2, 0.25) is 21.8 Å². The fourth-order valence-corrected chi connectivity index (χ4v) is 5.55. The zero-order valence-electron chi connectivity index (χ0n) is 17.5. The van der Waals surface area contributed by atoms with Crippen LogP contribution in [0.5, 0.6) is 0 Å². The Kier molecular flexibility index (Phi) is 6.06. The summed E-state index contributed by atoms with van der Waals surface area (Å²) in [6.45, 7) is 3.05. The van der Waals surface area contributed by atoms with Crippen LogP contribution < -0.4 is 10.2 Å². The largest absolute Gasteiger partial charge is 0.323 e. The summed E-state index contributed by atoms with van der Waals surface area (Å²) in [5, 5.41) is 2.72. The zero-order chi connectivity index (χ0) is 22.0. The molecule has 1 fully saturated rings. The number of nitrogens with one attached hydrogen (secondary N) is 1. The fraction of sp³-hybridized carbons (Fsp3) is 0.409. The summed E-state index contributed by atoms with van der Waals surface area (Å²) in [6.07, 6.45) is 5.54. The number of carbonyl (C=O) groups is 2. The zero-order valence-corrected chi connectivity index (χ0v) is 18.3. The Labute approximate surface area is 182 Å². The highest BCUT2D eigenvalue weighted by molar-refractivity contribution is 7.89. The van der Waals surface area contributed by atoms with Crippen LogP contribution in [-0.2, 0) is 26.0 Å². The van der Waals surface area contributed by atoms with E-state index in [0.717, 1.165) is 18.4 Å². The number of carbonyl (C=O) groups excluding carboxylic acids is 2. The smallest absolute Gasteiger partial charge is 0.244 e. The van der Waals surface area contributed by atoms with E-state index in [4.69, 9.17) is 0 Å². The van der Waals surface area contributed by atoms with Crippen molar-refractivity contribution >= 4 is 33.2 Å². The van der Waals surface area contributed by atoms with E-state index in [2.05, 4.69) is 17.2 Å². The van der Waals surface area contributed by atoms with Gasteiger partial charge < -0.3 is 10.2 Å². The van der Waals surface area contributed by atoms with Crippen molar-refractivity contribution in [2.24, 2.45) is 5.92 Å². The first kappa shape index (κ1) is 21.5. The molecule has 1 aromatic heterocycles. The van der Waals surface area contributed by atoms with E-state index in [-0.39, 0.29) is 29.7 Å². The Morgan fingerprint density at radius 3 is 2.68 bits per heavy atom. The maximum absolute atomic E-state index is 13.1. The first-order valence-electron chi connectivity index (χ1n) is 10.5. The van der Waals surface area contributed by atoms with Crippen molar-refractivity contribution in [2.75, 3.05) is 29.9 Å². The van der Waals surface area contributed by atoms with Gasteiger partial charge in [-0.3, -0.25) is 14.6 Å². The van der Waals surface area contributed by atoms with Crippen LogP contribution in [0.4, 0.5) is 11.4 Å². The van der Waals surface area contributed by atoms with Crippen molar-refractivity contribution in [3.63, 3.8) is 0 Å². The maximum atomic E-state index is 13.1. The first-order chi connectivity index (χ1) is 14.8. The highest BCUT2D eigenvalue weighted by Crippen LogP contribution is 2.32. The second-order valence-corrected chi connectivity index (χ2v) is 10.1.